The number of ether oxygens (including phenoxy) is 2. The van der Waals surface area contributed by atoms with Gasteiger partial charge >= 0.3 is 0 Å². The lowest BCUT2D eigenvalue weighted by molar-refractivity contribution is 0.128. The normalized spacial score (nSPS) is 11.1. The Kier molecular flexibility index (Phi) is 6.70. The van der Waals surface area contributed by atoms with E-state index in [2.05, 4.69) is 10.1 Å². The lowest BCUT2D eigenvalue weighted by atomic mass is 10.2. The molecule has 144 valence electrons. The summed E-state index contributed by atoms with van der Waals surface area (Å²) in [7, 11) is 1.58. The Morgan fingerprint density at radius 2 is 2.00 bits per heavy atom. The standard InChI is InChI=1S/C21H20ClN3O3/c1-26-20-8-7-18(22)10-17(20)14-28-25-21(23)16-5-2-6-19(11-16)27-13-15-4-3-9-24-12-15/h2-12H,13-14H2,1H3,(H2,23,25). The molecule has 0 radical (unpaired) electrons. The molecular weight excluding hydrogens is 378 g/mol. The van der Waals surface area contributed by atoms with E-state index in [0.717, 1.165) is 11.1 Å². The van der Waals surface area contributed by atoms with Crippen molar-refractivity contribution in [1.29, 1.82) is 0 Å². The number of benzene rings is 2. The fourth-order valence-electron chi connectivity index (χ4n) is 2.48. The van der Waals surface area contributed by atoms with Crippen LogP contribution < -0.4 is 15.2 Å². The van der Waals surface area contributed by atoms with Gasteiger partial charge < -0.3 is 20.0 Å². The maximum absolute atomic E-state index is 6.04. The van der Waals surface area contributed by atoms with Gasteiger partial charge in [0.2, 0.25) is 0 Å². The first-order valence-corrected chi connectivity index (χ1v) is 8.93. The Bertz CT molecular complexity index is 949. The quantitative estimate of drug-likeness (QED) is 0.351. The third-order valence-corrected chi connectivity index (χ3v) is 4.12. The molecule has 0 amide bonds. The van der Waals surface area contributed by atoms with E-state index in [1.807, 2.05) is 30.3 Å². The summed E-state index contributed by atoms with van der Waals surface area (Å²) in [4.78, 5) is 9.44. The van der Waals surface area contributed by atoms with Gasteiger partial charge in [0.1, 0.15) is 24.7 Å². The highest BCUT2D eigenvalue weighted by atomic mass is 35.5. The Labute approximate surface area is 168 Å². The molecule has 1 heterocycles. The SMILES string of the molecule is COc1ccc(Cl)cc1CO/N=C(\N)c1cccc(OCc2cccnc2)c1. The Morgan fingerprint density at radius 3 is 2.79 bits per heavy atom. The highest BCUT2D eigenvalue weighted by molar-refractivity contribution is 6.30. The van der Waals surface area contributed by atoms with Crippen LogP contribution in [-0.2, 0) is 18.1 Å². The Balaban J connectivity index is 1.62. The average Bonchev–Trinajstić information content (AvgIpc) is 2.73. The zero-order valence-corrected chi connectivity index (χ0v) is 16.1. The molecular formula is C21H20ClN3O3. The van der Waals surface area contributed by atoms with Crippen molar-refractivity contribution >= 4 is 17.4 Å². The lowest BCUT2D eigenvalue weighted by Crippen LogP contribution is -2.14. The molecule has 0 aliphatic carbocycles. The van der Waals surface area contributed by atoms with Crippen LogP contribution in [0.2, 0.25) is 5.02 Å². The minimum absolute atomic E-state index is 0.182. The molecule has 28 heavy (non-hydrogen) atoms. The van der Waals surface area contributed by atoms with Crippen LogP contribution in [0.3, 0.4) is 0 Å². The summed E-state index contributed by atoms with van der Waals surface area (Å²) in [5.41, 5.74) is 8.49. The van der Waals surface area contributed by atoms with Crippen LogP contribution in [0.1, 0.15) is 16.7 Å². The van der Waals surface area contributed by atoms with Crippen LogP contribution in [0.15, 0.2) is 72.1 Å². The summed E-state index contributed by atoms with van der Waals surface area (Å²) in [6.45, 7) is 0.598. The second kappa shape index (κ2) is 9.62. The van der Waals surface area contributed by atoms with Crippen molar-refractivity contribution in [2.45, 2.75) is 13.2 Å². The van der Waals surface area contributed by atoms with Crippen LogP contribution in [0.5, 0.6) is 11.5 Å². The molecule has 0 unspecified atom stereocenters. The molecule has 0 atom stereocenters. The zero-order chi connectivity index (χ0) is 19.8. The van der Waals surface area contributed by atoms with Crippen molar-refractivity contribution in [2.24, 2.45) is 10.9 Å². The van der Waals surface area contributed by atoms with E-state index >= 15 is 0 Å². The predicted molar refractivity (Wildman–Crippen MR) is 109 cm³/mol. The molecule has 3 rings (SSSR count). The molecule has 2 N–H and O–H groups in total. The number of nitrogens with zero attached hydrogens (tertiary/aromatic N) is 2. The number of methoxy groups -OCH3 is 1. The van der Waals surface area contributed by atoms with Gasteiger partial charge in [-0.1, -0.05) is 35.0 Å². The first-order valence-electron chi connectivity index (χ1n) is 8.55. The fraction of sp³-hybridized carbons (Fsp3) is 0.143. The zero-order valence-electron chi connectivity index (χ0n) is 15.3. The van der Waals surface area contributed by atoms with Crippen molar-refractivity contribution in [3.05, 3.63) is 88.7 Å². The summed E-state index contributed by atoms with van der Waals surface area (Å²) in [6.07, 6.45) is 3.48. The minimum atomic E-state index is 0.182. The Hall–Kier alpha value is -3.25. The van der Waals surface area contributed by atoms with Crippen molar-refractivity contribution in [3.63, 3.8) is 0 Å². The van der Waals surface area contributed by atoms with Gasteiger partial charge in [0.05, 0.1) is 7.11 Å². The molecule has 3 aromatic rings. The van der Waals surface area contributed by atoms with Crippen LogP contribution in [-0.4, -0.2) is 17.9 Å². The Morgan fingerprint density at radius 1 is 1.11 bits per heavy atom. The molecule has 2 aromatic carbocycles. The molecule has 0 aliphatic heterocycles. The van der Waals surface area contributed by atoms with Gasteiger partial charge in [-0.15, -0.1) is 0 Å². The van der Waals surface area contributed by atoms with Crippen LogP contribution >= 0.6 is 11.6 Å². The largest absolute Gasteiger partial charge is 0.496 e. The maximum atomic E-state index is 6.04. The van der Waals surface area contributed by atoms with E-state index in [9.17, 15) is 0 Å². The summed E-state index contributed by atoms with van der Waals surface area (Å²) in [6, 6.07) is 16.4. The van der Waals surface area contributed by atoms with E-state index in [1.54, 1.807) is 43.8 Å². The highest BCUT2D eigenvalue weighted by Gasteiger charge is 2.06. The number of oxime groups is 1. The van der Waals surface area contributed by atoms with Gasteiger partial charge in [0.25, 0.3) is 0 Å². The smallest absolute Gasteiger partial charge is 0.170 e. The molecule has 1 aromatic heterocycles. The van der Waals surface area contributed by atoms with Crippen LogP contribution in [0.4, 0.5) is 0 Å². The lowest BCUT2D eigenvalue weighted by Gasteiger charge is -2.09. The monoisotopic (exact) mass is 397 g/mol. The number of pyridine rings is 1. The van der Waals surface area contributed by atoms with Gasteiger partial charge in [0.15, 0.2) is 5.84 Å². The molecule has 0 saturated heterocycles. The highest BCUT2D eigenvalue weighted by Crippen LogP contribution is 2.23. The van der Waals surface area contributed by atoms with Crippen molar-refractivity contribution < 1.29 is 14.3 Å². The fourth-order valence-corrected chi connectivity index (χ4v) is 2.67. The van der Waals surface area contributed by atoms with Gasteiger partial charge in [-0.3, -0.25) is 4.98 Å². The van der Waals surface area contributed by atoms with E-state index < -0.39 is 0 Å². The van der Waals surface area contributed by atoms with Crippen LogP contribution in [0.25, 0.3) is 0 Å². The molecule has 0 bridgehead atoms. The number of hydrogen-bond acceptors (Lipinski definition) is 5. The van der Waals surface area contributed by atoms with Crippen molar-refractivity contribution in [3.8, 4) is 11.5 Å². The average molecular weight is 398 g/mol. The van der Waals surface area contributed by atoms with E-state index in [1.165, 1.54) is 0 Å². The molecule has 0 fully saturated rings. The number of amidine groups is 1. The van der Waals surface area contributed by atoms with E-state index in [4.69, 9.17) is 31.6 Å². The maximum Gasteiger partial charge on any atom is 0.170 e. The number of halogens is 1. The van der Waals surface area contributed by atoms with E-state index in [0.29, 0.717) is 28.7 Å². The first-order chi connectivity index (χ1) is 13.7. The van der Waals surface area contributed by atoms with Gasteiger partial charge in [-0.25, -0.2) is 0 Å². The third kappa shape index (κ3) is 5.37. The first kappa shape index (κ1) is 19.5. The second-order valence-corrected chi connectivity index (χ2v) is 6.32. The third-order valence-electron chi connectivity index (χ3n) is 3.88. The summed E-state index contributed by atoms with van der Waals surface area (Å²) >= 11 is 6.01. The summed E-state index contributed by atoms with van der Waals surface area (Å²) < 4.78 is 11.1. The van der Waals surface area contributed by atoms with E-state index in [-0.39, 0.29) is 12.4 Å². The number of hydrogen-bond donors (Lipinski definition) is 1. The second-order valence-electron chi connectivity index (χ2n) is 5.88. The summed E-state index contributed by atoms with van der Waals surface area (Å²) in [5, 5.41) is 4.58. The predicted octanol–water partition coefficient (Wildman–Crippen LogP) is 4.16. The molecule has 7 heteroatoms. The summed E-state index contributed by atoms with van der Waals surface area (Å²) in [5.74, 6) is 1.59. The number of rotatable bonds is 8. The van der Waals surface area contributed by atoms with Crippen molar-refractivity contribution in [1.82, 2.24) is 4.98 Å². The minimum Gasteiger partial charge on any atom is -0.496 e. The topological polar surface area (TPSA) is 79.0 Å². The number of aromatic nitrogens is 1. The van der Waals surface area contributed by atoms with Gasteiger partial charge in [0, 0.05) is 34.1 Å². The number of nitrogens with two attached hydrogens (primary N) is 1. The molecule has 0 spiro atoms. The molecule has 0 aliphatic rings. The van der Waals surface area contributed by atoms with Gasteiger partial charge in [-0.05, 0) is 36.4 Å². The molecule has 0 saturated carbocycles. The van der Waals surface area contributed by atoms with Gasteiger partial charge in [-0.2, -0.15) is 0 Å². The van der Waals surface area contributed by atoms with Crippen LogP contribution in [0, 0.1) is 0 Å². The molecule has 6 nitrogen and oxygen atoms in total. The van der Waals surface area contributed by atoms with Crippen molar-refractivity contribution in [2.75, 3.05) is 7.11 Å².